The Morgan fingerprint density at radius 3 is 2.53 bits per heavy atom. The number of halogens is 1. The number of nitrogens with zero attached hydrogens (tertiary/aromatic N) is 3. The highest BCUT2D eigenvalue weighted by Crippen LogP contribution is 2.47. The fourth-order valence-corrected chi connectivity index (χ4v) is 4.11. The van der Waals surface area contributed by atoms with Crippen LogP contribution in [0.2, 0.25) is 5.02 Å². The number of nitro benzene ring substituents is 1. The fourth-order valence-electron chi connectivity index (χ4n) is 3.98. The van der Waals surface area contributed by atoms with E-state index < -0.39 is 23.0 Å². The number of likely N-dealkylation sites (tertiary alicyclic amines) is 1. The van der Waals surface area contributed by atoms with E-state index in [2.05, 4.69) is 0 Å². The molecule has 9 heteroatoms. The van der Waals surface area contributed by atoms with Crippen molar-refractivity contribution in [3.8, 4) is 0 Å². The lowest BCUT2D eigenvalue weighted by Crippen LogP contribution is -2.37. The number of benzene rings is 2. The van der Waals surface area contributed by atoms with Crippen LogP contribution in [0.5, 0.6) is 0 Å². The van der Waals surface area contributed by atoms with Crippen molar-refractivity contribution < 1.29 is 19.3 Å². The Morgan fingerprint density at radius 1 is 1.13 bits per heavy atom. The number of hydrogen-bond donors (Lipinski definition) is 0. The minimum absolute atomic E-state index is 0.0911. The first-order valence-electron chi connectivity index (χ1n) is 9.73. The van der Waals surface area contributed by atoms with Gasteiger partial charge in [0.1, 0.15) is 5.92 Å². The number of imide groups is 1. The highest BCUT2D eigenvalue weighted by Gasteiger charge is 2.59. The minimum atomic E-state index is -0.964. The van der Waals surface area contributed by atoms with Gasteiger partial charge in [0.15, 0.2) is 6.10 Å². The third-order valence-electron chi connectivity index (χ3n) is 5.45. The molecule has 30 heavy (non-hydrogen) atoms. The summed E-state index contributed by atoms with van der Waals surface area (Å²) in [7, 11) is 0. The van der Waals surface area contributed by atoms with E-state index in [-0.39, 0.29) is 17.5 Å². The summed E-state index contributed by atoms with van der Waals surface area (Å²) in [5, 5.41) is 13.3. The number of anilines is 1. The maximum atomic E-state index is 13.2. The summed E-state index contributed by atoms with van der Waals surface area (Å²) in [6, 6.07) is 12.2. The van der Waals surface area contributed by atoms with Crippen molar-refractivity contribution >= 4 is 34.8 Å². The number of carbonyl (C=O) groups is 2. The molecule has 0 bridgehead atoms. The summed E-state index contributed by atoms with van der Waals surface area (Å²) in [4.78, 5) is 44.1. The van der Waals surface area contributed by atoms with Gasteiger partial charge in [0, 0.05) is 23.7 Å². The fraction of sp³-hybridized carbons (Fsp3) is 0.333. The predicted molar refractivity (Wildman–Crippen MR) is 110 cm³/mol. The molecule has 2 fully saturated rings. The van der Waals surface area contributed by atoms with Crippen molar-refractivity contribution in [3.63, 3.8) is 0 Å². The molecule has 3 atom stereocenters. The van der Waals surface area contributed by atoms with Crippen LogP contribution in [-0.4, -0.2) is 34.3 Å². The Morgan fingerprint density at radius 2 is 1.87 bits per heavy atom. The Bertz CT molecular complexity index is 996. The molecule has 0 radical (unpaired) electrons. The first kappa shape index (κ1) is 20.3. The van der Waals surface area contributed by atoms with E-state index in [4.69, 9.17) is 16.4 Å². The van der Waals surface area contributed by atoms with E-state index in [1.165, 1.54) is 22.1 Å². The third kappa shape index (κ3) is 3.42. The smallest absolute Gasteiger partial charge is 0.269 e. The van der Waals surface area contributed by atoms with Gasteiger partial charge < -0.3 is 0 Å². The second kappa shape index (κ2) is 8.04. The first-order valence-corrected chi connectivity index (χ1v) is 10.1. The molecule has 8 nitrogen and oxygen atoms in total. The summed E-state index contributed by atoms with van der Waals surface area (Å²) in [5.74, 6) is -1.47. The molecular weight excluding hydrogens is 410 g/mol. The molecule has 156 valence electrons. The van der Waals surface area contributed by atoms with Gasteiger partial charge in [-0.25, -0.2) is 5.06 Å². The van der Waals surface area contributed by atoms with E-state index in [0.717, 1.165) is 6.42 Å². The monoisotopic (exact) mass is 429 g/mol. The van der Waals surface area contributed by atoms with Crippen LogP contribution in [0.15, 0.2) is 48.5 Å². The summed E-state index contributed by atoms with van der Waals surface area (Å²) in [6.07, 6.45) is 0.590. The quantitative estimate of drug-likeness (QED) is 0.393. The van der Waals surface area contributed by atoms with Crippen LogP contribution in [0.1, 0.15) is 31.4 Å². The van der Waals surface area contributed by atoms with Crippen LogP contribution in [0.3, 0.4) is 0 Å². The number of unbranched alkanes of at least 4 members (excludes halogenated alkanes) is 1. The summed E-state index contributed by atoms with van der Waals surface area (Å²) in [5.41, 5.74) is 1.04. The molecule has 0 N–H and O–H groups in total. The number of nitro groups is 1. The third-order valence-corrected chi connectivity index (χ3v) is 5.70. The number of amides is 2. The van der Waals surface area contributed by atoms with Gasteiger partial charge in [-0.2, -0.15) is 0 Å². The molecule has 0 aromatic heterocycles. The van der Waals surface area contributed by atoms with Crippen molar-refractivity contribution in [3.05, 3.63) is 69.2 Å². The maximum absolute atomic E-state index is 13.2. The van der Waals surface area contributed by atoms with Gasteiger partial charge in [0.25, 0.3) is 11.6 Å². The molecule has 0 saturated carbocycles. The van der Waals surface area contributed by atoms with E-state index in [9.17, 15) is 19.7 Å². The van der Waals surface area contributed by atoms with Crippen LogP contribution in [0.4, 0.5) is 11.4 Å². The van der Waals surface area contributed by atoms with Crippen LogP contribution in [0, 0.1) is 16.0 Å². The Balaban J connectivity index is 1.77. The van der Waals surface area contributed by atoms with E-state index in [1.807, 2.05) is 6.92 Å². The van der Waals surface area contributed by atoms with Gasteiger partial charge in [0.05, 0.1) is 16.7 Å². The average Bonchev–Trinajstić information content (AvgIpc) is 3.24. The van der Waals surface area contributed by atoms with E-state index in [1.54, 1.807) is 36.4 Å². The zero-order chi connectivity index (χ0) is 21.4. The van der Waals surface area contributed by atoms with Crippen molar-refractivity contribution in [1.29, 1.82) is 0 Å². The largest absolute Gasteiger partial charge is 0.280 e. The van der Waals surface area contributed by atoms with Gasteiger partial charge >= 0.3 is 0 Å². The molecular formula is C21H20ClN3O5. The van der Waals surface area contributed by atoms with Crippen molar-refractivity contribution in [2.24, 2.45) is 5.92 Å². The normalized spacial score (nSPS) is 23.2. The van der Waals surface area contributed by atoms with Crippen molar-refractivity contribution in [2.75, 3.05) is 11.6 Å². The molecule has 0 spiro atoms. The van der Waals surface area contributed by atoms with Gasteiger partial charge in [-0.3, -0.25) is 29.4 Å². The molecule has 2 saturated heterocycles. The molecule has 2 heterocycles. The maximum Gasteiger partial charge on any atom is 0.269 e. The summed E-state index contributed by atoms with van der Waals surface area (Å²) < 4.78 is 0. The SMILES string of the molecule is CCCCN1C(=O)[C@@H]2[C@@H](c3cccc([N+](=O)[O-])c3)N(c3ccc(Cl)cc3)O[C@H]2C1=O. The molecule has 4 rings (SSSR count). The molecule has 2 aliphatic heterocycles. The lowest BCUT2D eigenvalue weighted by Gasteiger charge is -2.28. The predicted octanol–water partition coefficient (Wildman–Crippen LogP) is 3.89. The molecule has 2 amide bonds. The number of carbonyl (C=O) groups excluding carboxylic acids is 2. The standard InChI is InChI=1S/C21H20ClN3O5/c1-2-3-11-23-20(26)17-18(13-5-4-6-16(12-13)25(28)29)24(30-19(17)21(23)27)15-9-7-14(22)8-10-15/h4-10,12,17-19H,2-3,11H2,1H3/t17-,18-,19-/m1/s1. The summed E-state index contributed by atoms with van der Waals surface area (Å²) in [6.45, 7) is 2.32. The lowest BCUT2D eigenvalue weighted by atomic mass is 9.90. The van der Waals surface area contributed by atoms with Gasteiger partial charge in [-0.1, -0.05) is 37.1 Å². The number of hydrogen-bond acceptors (Lipinski definition) is 6. The number of rotatable bonds is 6. The Labute approximate surface area is 178 Å². The topological polar surface area (TPSA) is 93.0 Å². The molecule has 0 unspecified atom stereocenters. The second-order valence-electron chi connectivity index (χ2n) is 7.33. The van der Waals surface area contributed by atoms with Crippen LogP contribution in [0.25, 0.3) is 0 Å². The average molecular weight is 430 g/mol. The van der Waals surface area contributed by atoms with Crippen molar-refractivity contribution in [1.82, 2.24) is 4.90 Å². The zero-order valence-electron chi connectivity index (χ0n) is 16.2. The molecule has 2 aromatic carbocycles. The first-order chi connectivity index (χ1) is 14.4. The summed E-state index contributed by atoms with van der Waals surface area (Å²) >= 11 is 5.99. The Hall–Kier alpha value is -2.97. The van der Waals surface area contributed by atoms with E-state index >= 15 is 0 Å². The lowest BCUT2D eigenvalue weighted by molar-refractivity contribution is -0.384. The number of hydroxylamine groups is 1. The highest BCUT2D eigenvalue weighted by molar-refractivity contribution is 6.30. The zero-order valence-corrected chi connectivity index (χ0v) is 17.0. The molecule has 0 aliphatic carbocycles. The number of fused-ring (bicyclic) bond motifs is 1. The van der Waals surface area contributed by atoms with Crippen molar-refractivity contribution in [2.45, 2.75) is 31.9 Å². The molecule has 2 aliphatic rings. The highest BCUT2D eigenvalue weighted by atomic mass is 35.5. The van der Waals surface area contributed by atoms with Crippen LogP contribution < -0.4 is 5.06 Å². The van der Waals surface area contributed by atoms with Gasteiger partial charge in [-0.05, 0) is 36.2 Å². The van der Waals surface area contributed by atoms with Gasteiger partial charge in [-0.15, -0.1) is 0 Å². The number of non-ortho nitro benzene ring substituents is 1. The molecule has 2 aromatic rings. The van der Waals surface area contributed by atoms with Crippen LogP contribution in [-0.2, 0) is 14.4 Å². The second-order valence-corrected chi connectivity index (χ2v) is 7.77. The van der Waals surface area contributed by atoms with E-state index in [0.29, 0.717) is 29.2 Å². The Kier molecular flexibility index (Phi) is 5.44. The minimum Gasteiger partial charge on any atom is -0.280 e. The van der Waals surface area contributed by atoms with Gasteiger partial charge in [0.2, 0.25) is 5.91 Å². The van der Waals surface area contributed by atoms with Crippen LogP contribution >= 0.6 is 11.6 Å².